The Kier molecular flexibility index (Phi) is 5.16. The number of anilines is 1. The van der Waals surface area contributed by atoms with Crippen molar-refractivity contribution >= 4 is 17.6 Å². The largest absolute Gasteiger partial charge is 0.497 e. The van der Waals surface area contributed by atoms with E-state index in [9.17, 15) is 9.59 Å². The number of methoxy groups -OCH3 is 1. The maximum absolute atomic E-state index is 12.7. The van der Waals surface area contributed by atoms with E-state index in [0.717, 1.165) is 30.9 Å². The lowest BCUT2D eigenvalue weighted by Crippen LogP contribution is -2.47. The minimum atomic E-state index is -0.100. The predicted molar refractivity (Wildman–Crippen MR) is 96.8 cm³/mol. The first-order chi connectivity index (χ1) is 12.0. The van der Waals surface area contributed by atoms with Crippen molar-refractivity contribution in [2.75, 3.05) is 44.7 Å². The molecular weight excluding hydrogens is 318 g/mol. The van der Waals surface area contributed by atoms with Crippen molar-refractivity contribution < 1.29 is 14.3 Å². The molecule has 3 amide bonds. The first-order valence-electron chi connectivity index (χ1n) is 8.96. The van der Waals surface area contributed by atoms with Crippen molar-refractivity contribution in [1.82, 2.24) is 9.80 Å². The van der Waals surface area contributed by atoms with Gasteiger partial charge in [0, 0.05) is 31.9 Å². The highest BCUT2D eigenvalue weighted by atomic mass is 16.5. The van der Waals surface area contributed by atoms with Gasteiger partial charge in [-0.3, -0.25) is 9.69 Å². The van der Waals surface area contributed by atoms with Crippen LogP contribution in [0.3, 0.4) is 0 Å². The summed E-state index contributed by atoms with van der Waals surface area (Å²) >= 11 is 0. The molecule has 0 aliphatic carbocycles. The molecule has 2 aliphatic rings. The van der Waals surface area contributed by atoms with Gasteiger partial charge >= 0.3 is 6.03 Å². The Balaban J connectivity index is 1.60. The fraction of sp³-hybridized carbons (Fsp3) is 0.579. The summed E-state index contributed by atoms with van der Waals surface area (Å²) < 4.78 is 5.15. The summed E-state index contributed by atoms with van der Waals surface area (Å²) in [6.45, 7) is 7.32. The Morgan fingerprint density at radius 2 is 1.76 bits per heavy atom. The predicted octanol–water partition coefficient (Wildman–Crippen LogP) is 2.44. The molecule has 136 valence electrons. The van der Waals surface area contributed by atoms with Gasteiger partial charge in [-0.25, -0.2) is 4.79 Å². The molecule has 0 radical (unpaired) electrons. The van der Waals surface area contributed by atoms with Crippen LogP contribution in [0.1, 0.15) is 20.3 Å². The van der Waals surface area contributed by atoms with E-state index >= 15 is 0 Å². The second-order valence-electron chi connectivity index (χ2n) is 7.30. The van der Waals surface area contributed by atoms with Crippen LogP contribution in [0.2, 0.25) is 0 Å². The van der Waals surface area contributed by atoms with Crippen molar-refractivity contribution in [3.05, 3.63) is 24.3 Å². The standard InChI is InChI=1S/C19H27N3O3/c1-14-10-15(2)12-21(11-14)18(23)13-20-8-9-22(19(20)24)16-4-6-17(25-3)7-5-16/h4-7,14-15H,8-13H2,1-3H3. The normalized spacial score (nSPS) is 24.0. The lowest BCUT2D eigenvalue weighted by atomic mass is 9.92. The number of likely N-dealkylation sites (tertiary alicyclic amines) is 1. The maximum Gasteiger partial charge on any atom is 0.325 e. The molecule has 3 rings (SSSR count). The number of ether oxygens (including phenoxy) is 1. The summed E-state index contributed by atoms with van der Waals surface area (Å²) in [7, 11) is 1.62. The summed E-state index contributed by atoms with van der Waals surface area (Å²) in [5, 5.41) is 0. The number of rotatable bonds is 4. The van der Waals surface area contributed by atoms with Gasteiger partial charge in [-0.05, 0) is 42.5 Å². The summed E-state index contributed by atoms with van der Waals surface area (Å²) in [6, 6.07) is 7.32. The van der Waals surface area contributed by atoms with Gasteiger partial charge in [0.15, 0.2) is 0 Å². The van der Waals surface area contributed by atoms with Crippen LogP contribution in [0.4, 0.5) is 10.5 Å². The first-order valence-corrected chi connectivity index (χ1v) is 8.96. The quantitative estimate of drug-likeness (QED) is 0.842. The van der Waals surface area contributed by atoms with Gasteiger partial charge in [-0.15, -0.1) is 0 Å². The topological polar surface area (TPSA) is 53.1 Å². The van der Waals surface area contributed by atoms with E-state index in [-0.39, 0.29) is 18.5 Å². The number of piperidine rings is 1. The monoisotopic (exact) mass is 345 g/mol. The minimum Gasteiger partial charge on any atom is -0.497 e. The lowest BCUT2D eigenvalue weighted by Gasteiger charge is -2.35. The second kappa shape index (κ2) is 7.33. The number of benzene rings is 1. The molecular formula is C19H27N3O3. The Bertz CT molecular complexity index is 621. The molecule has 25 heavy (non-hydrogen) atoms. The molecule has 0 saturated carbocycles. The number of carbonyl (C=O) groups excluding carboxylic acids is 2. The number of urea groups is 1. The first kappa shape index (κ1) is 17.6. The van der Waals surface area contributed by atoms with Gasteiger partial charge in [-0.1, -0.05) is 13.8 Å². The van der Waals surface area contributed by atoms with Gasteiger partial charge in [-0.2, -0.15) is 0 Å². The van der Waals surface area contributed by atoms with Crippen LogP contribution in [0, 0.1) is 11.8 Å². The van der Waals surface area contributed by atoms with Gasteiger partial charge in [0.25, 0.3) is 0 Å². The van der Waals surface area contributed by atoms with Gasteiger partial charge in [0.2, 0.25) is 5.91 Å². The molecule has 0 bridgehead atoms. The van der Waals surface area contributed by atoms with Crippen LogP contribution < -0.4 is 9.64 Å². The molecule has 0 N–H and O–H groups in total. The Hall–Kier alpha value is -2.24. The van der Waals surface area contributed by atoms with E-state index in [1.54, 1.807) is 16.9 Å². The van der Waals surface area contributed by atoms with E-state index in [0.29, 0.717) is 24.9 Å². The summed E-state index contributed by atoms with van der Waals surface area (Å²) in [4.78, 5) is 30.6. The van der Waals surface area contributed by atoms with Crippen LogP contribution in [0.25, 0.3) is 0 Å². The highest BCUT2D eigenvalue weighted by Crippen LogP contribution is 2.24. The van der Waals surface area contributed by atoms with E-state index in [1.165, 1.54) is 0 Å². The Labute approximate surface area is 149 Å². The van der Waals surface area contributed by atoms with Crippen molar-refractivity contribution in [2.45, 2.75) is 20.3 Å². The SMILES string of the molecule is COc1ccc(N2CCN(CC(=O)N3CC(C)CC(C)C3)C2=O)cc1. The lowest BCUT2D eigenvalue weighted by molar-refractivity contribution is -0.134. The molecule has 0 aromatic heterocycles. The van der Waals surface area contributed by atoms with Crippen molar-refractivity contribution in [3.63, 3.8) is 0 Å². The third-order valence-electron chi connectivity index (χ3n) is 5.03. The highest BCUT2D eigenvalue weighted by molar-refractivity contribution is 5.96. The van der Waals surface area contributed by atoms with Gasteiger partial charge in [0.05, 0.1) is 7.11 Å². The second-order valence-corrected chi connectivity index (χ2v) is 7.30. The molecule has 2 saturated heterocycles. The summed E-state index contributed by atoms with van der Waals surface area (Å²) in [5.41, 5.74) is 0.834. The van der Waals surface area contributed by atoms with Crippen LogP contribution >= 0.6 is 0 Å². The van der Waals surface area contributed by atoms with Crippen molar-refractivity contribution in [3.8, 4) is 5.75 Å². The fourth-order valence-corrected chi connectivity index (χ4v) is 3.86. The average molecular weight is 345 g/mol. The zero-order chi connectivity index (χ0) is 18.0. The molecule has 2 aliphatic heterocycles. The summed E-state index contributed by atoms with van der Waals surface area (Å²) in [5.74, 6) is 1.87. The van der Waals surface area contributed by atoms with Gasteiger partial charge in [0.1, 0.15) is 12.3 Å². The van der Waals surface area contributed by atoms with Gasteiger partial charge < -0.3 is 14.5 Å². The average Bonchev–Trinajstić information content (AvgIpc) is 2.95. The third kappa shape index (κ3) is 3.89. The molecule has 2 atom stereocenters. The van der Waals surface area contributed by atoms with Crippen LogP contribution in [-0.4, -0.2) is 61.6 Å². The van der Waals surface area contributed by atoms with Crippen LogP contribution in [-0.2, 0) is 4.79 Å². The van der Waals surface area contributed by atoms with Crippen LogP contribution in [0.15, 0.2) is 24.3 Å². The van der Waals surface area contributed by atoms with E-state index in [4.69, 9.17) is 4.74 Å². The smallest absolute Gasteiger partial charge is 0.325 e. The summed E-state index contributed by atoms with van der Waals surface area (Å²) in [6.07, 6.45) is 1.16. The highest BCUT2D eigenvalue weighted by Gasteiger charge is 2.33. The van der Waals surface area contributed by atoms with E-state index in [2.05, 4.69) is 13.8 Å². The molecule has 6 heteroatoms. The molecule has 1 aromatic rings. The Morgan fingerprint density at radius 3 is 2.36 bits per heavy atom. The number of amides is 3. The molecule has 6 nitrogen and oxygen atoms in total. The number of nitrogens with zero attached hydrogens (tertiary/aromatic N) is 3. The van der Waals surface area contributed by atoms with E-state index < -0.39 is 0 Å². The zero-order valence-corrected chi connectivity index (χ0v) is 15.3. The van der Waals surface area contributed by atoms with Crippen LogP contribution in [0.5, 0.6) is 5.75 Å². The number of hydrogen-bond donors (Lipinski definition) is 0. The molecule has 2 heterocycles. The number of carbonyl (C=O) groups is 2. The fourth-order valence-electron chi connectivity index (χ4n) is 3.86. The molecule has 2 fully saturated rings. The molecule has 1 aromatic carbocycles. The number of hydrogen-bond acceptors (Lipinski definition) is 3. The maximum atomic E-state index is 12.7. The minimum absolute atomic E-state index is 0.0586. The molecule has 0 spiro atoms. The Morgan fingerprint density at radius 1 is 1.12 bits per heavy atom. The van der Waals surface area contributed by atoms with Crippen molar-refractivity contribution in [1.29, 1.82) is 0 Å². The van der Waals surface area contributed by atoms with E-state index in [1.807, 2.05) is 29.2 Å². The van der Waals surface area contributed by atoms with Crippen molar-refractivity contribution in [2.24, 2.45) is 11.8 Å². The zero-order valence-electron chi connectivity index (χ0n) is 15.3. The third-order valence-corrected chi connectivity index (χ3v) is 5.03. The molecule has 2 unspecified atom stereocenters.